The number of benzene rings is 1. The normalized spacial score (nSPS) is 13.2. The van der Waals surface area contributed by atoms with E-state index < -0.39 is 0 Å². The fourth-order valence-corrected chi connectivity index (χ4v) is 1.43. The monoisotopic (exact) mass is 215 g/mol. The van der Waals surface area contributed by atoms with Crippen LogP contribution in [-0.2, 0) is 6.54 Å². The van der Waals surface area contributed by atoms with Gasteiger partial charge in [0.25, 0.3) is 0 Å². The molecule has 1 atom stereocenters. The Morgan fingerprint density at radius 1 is 1.50 bits per heavy atom. The lowest BCUT2D eigenvalue weighted by molar-refractivity contribution is 0.268. The molecule has 0 N–H and O–H groups in total. The molecule has 1 aromatic rings. The van der Waals surface area contributed by atoms with E-state index in [1.54, 1.807) is 12.1 Å². The van der Waals surface area contributed by atoms with Crippen LogP contribution in [0.1, 0.15) is 12.5 Å². The second-order valence-electron chi connectivity index (χ2n) is 3.55. The minimum Gasteiger partial charge on any atom is -0.298 e. The van der Waals surface area contributed by atoms with Gasteiger partial charge in [-0.2, -0.15) is 0 Å². The average Bonchev–Trinajstić information content (AvgIpc) is 2.16. The Bertz CT molecular complexity index is 290. The zero-order valence-electron chi connectivity index (χ0n) is 8.50. The highest BCUT2D eigenvalue weighted by Gasteiger charge is 2.07. The lowest BCUT2D eigenvalue weighted by atomic mass is 10.2. The largest absolute Gasteiger partial charge is 0.298 e. The predicted octanol–water partition coefficient (Wildman–Crippen LogP) is 2.88. The van der Waals surface area contributed by atoms with Gasteiger partial charge in [0.05, 0.1) is 0 Å². The molecule has 1 rings (SSSR count). The molecule has 0 radical (unpaired) electrons. The number of hydrogen-bond acceptors (Lipinski definition) is 1. The Morgan fingerprint density at radius 3 is 2.79 bits per heavy atom. The van der Waals surface area contributed by atoms with E-state index in [-0.39, 0.29) is 5.82 Å². The first-order valence-corrected chi connectivity index (χ1v) is 5.17. The molecule has 0 fully saturated rings. The molecular formula is C11H15ClFN. The highest BCUT2D eigenvalue weighted by molar-refractivity contribution is 6.18. The fourth-order valence-electron chi connectivity index (χ4n) is 1.20. The van der Waals surface area contributed by atoms with E-state index in [1.165, 1.54) is 6.07 Å². The molecule has 3 heteroatoms. The van der Waals surface area contributed by atoms with E-state index in [4.69, 9.17) is 11.6 Å². The third-order valence-corrected chi connectivity index (χ3v) is 2.74. The Kier molecular flexibility index (Phi) is 4.36. The van der Waals surface area contributed by atoms with Crippen molar-refractivity contribution < 1.29 is 4.39 Å². The van der Waals surface area contributed by atoms with E-state index in [2.05, 4.69) is 4.90 Å². The zero-order valence-corrected chi connectivity index (χ0v) is 9.26. The van der Waals surface area contributed by atoms with Crippen LogP contribution in [0.25, 0.3) is 0 Å². The maximum Gasteiger partial charge on any atom is 0.123 e. The van der Waals surface area contributed by atoms with E-state index in [0.717, 1.165) is 12.1 Å². The number of halogens is 2. The summed E-state index contributed by atoms with van der Waals surface area (Å²) < 4.78 is 12.9. The van der Waals surface area contributed by atoms with Crippen molar-refractivity contribution in [2.45, 2.75) is 19.5 Å². The van der Waals surface area contributed by atoms with Crippen LogP contribution < -0.4 is 0 Å². The summed E-state index contributed by atoms with van der Waals surface area (Å²) in [6, 6.07) is 6.95. The fraction of sp³-hybridized carbons (Fsp3) is 0.455. The molecule has 14 heavy (non-hydrogen) atoms. The second kappa shape index (κ2) is 5.32. The molecule has 0 saturated heterocycles. The van der Waals surface area contributed by atoms with Gasteiger partial charge in [0.2, 0.25) is 0 Å². The minimum atomic E-state index is -0.186. The molecular weight excluding hydrogens is 201 g/mol. The van der Waals surface area contributed by atoms with E-state index in [1.807, 2.05) is 20.0 Å². The Balaban J connectivity index is 2.60. The molecule has 1 aromatic carbocycles. The molecule has 0 aliphatic carbocycles. The Labute approximate surface area is 89.5 Å². The zero-order chi connectivity index (χ0) is 10.6. The van der Waals surface area contributed by atoms with Gasteiger partial charge >= 0.3 is 0 Å². The van der Waals surface area contributed by atoms with Crippen molar-refractivity contribution in [3.63, 3.8) is 0 Å². The number of nitrogens with zero attached hydrogens (tertiary/aromatic N) is 1. The standard InChI is InChI=1S/C11H15ClFN/c1-9(7-12)14(2)8-10-4-3-5-11(13)6-10/h3-6,9H,7-8H2,1-2H3. The maximum atomic E-state index is 12.9. The first-order chi connectivity index (χ1) is 6.63. The SMILES string of the molecule is CC(CCl)N(C)Cc1cccc(F)c1. The first-order valence-electron chi connectivity index (χ1n) is 4.64. The van der Waals surface area contributed by atoms with Crippen LogP contribution in [0.3, 0.4) is 0 Å². The summed E-state index contributed by atoms with van der Waals surface area (Å²) in [6.07, 6.45) is 0. The highest BCUT2D eigenvalue weighted by atomic mass is 35.5. The summed E-state index contributed by atoms with van der Waals surface area (Å²) in [5.41, 5.74) is 0.976. The third-order valence-electron chi connectivity index (χ3n) is 2.30. The van der Waals surface area contributed by atoms with Crippen LogP contribution >= 0.6 is 11.6 Å². The van der Waals surface area contributed by atoms with Gasteiger partial charge < -0.3 is 0 Å². The first kappa shape index (κ1) is 11.5. The van der Waals surface area contributed by atoms with Crippen LogP contribution in [0, 0.1) is 5.82 Å². The maximum absolute atomic E-state index is 12.9. The van der Waals surface area contributed by atoms with Crippen LogP contribution in [0.15, 0.2) is 24.3 Å². The molecule has 0 amide bonds. The van der Waals surface area contributed by atoms with Gasteiger partial charge in [-0.1, -0.05) is 12.1 Å². The predicted molar refractivity (Wildman–Crippen MR) is 58.0 cm³/mol. The van der Waals surface area contributed by atoms with Crippen LogP contribution in [0.4, 0.5) is 4.39 Å². The van der Waals surface area contributed by atoms with Crippen LogP contribution in [0.5, 0.6) is 0 Å². The van der Waals surface area contributed by atoms with Crippen molar-refractivity contribution in [2.24, 2.45) is 0 Å². The summed E-state index contributed by atoms with van der Waals surface area (Å²) in [6.45, 7) is 2.78. The smallest absolute Gasteiger partial charge is 0.123 e. The molecule has 0 aliphatic heterocycles. The molecule has 1 nitrogen and oxygen atoms in total. The van der Waals surface area contributed by atoms with E-state index in [0.29, 0.717) is 11.9 Å². The summed E-state index contributed by atoms with van der Waals surface area (Å²) >= 11 is 5.73. The summed E-state index contributed by atoms with van der Waals surface area (Å²) in [5, 5.41) is 0. The van der Waals surface area contributed by atoms with Gasteiger partial charge in [-0.3, -0.25) is 4.90 Å². The van der Waals surface area contributed by atoms with Gasteiger partial charge in [0, 0.05) is 18.5 Å². The van der Waals surface area contributed by atoms with Crippen molar-refractivity contribution in [1.29, 1.82) is 0 Å². The molecule has 0 spiro atoms. The topological polar surface area (TPSA) is 3.24 Å². The molecule has 0 bridgehead atoms. The molecule has 1 unspecified atom stereocenters. The lowest BCUT2D eigenvalue weighted by Gasteiger charge is -2.22. The van der Waals surface area contributed by atoms with Gasteiger partial charge in [-0.05, 0) is 31.7 Å². The molecule has 0 aliphatic rings. The van der Waals surface area contributed by atoms with E-state index >= 15 is 0 Å². The highest BCUT2D eigenvalue weighted by Crippen LogP contribution is 2.08. The summed E-state index contributed by atoms with van der Waals surface area (Å²) in [4.78, 5) is 2.10. The second-order valence-corrected chi connectivity index (χ2v) is 3.86. The van der Waals surface area contributed by atoms with Gasteiger partial charge in [-0.25, -0.2) is 4.39 Å². The summed E-state index contributed by atoms with van der Waals surface area (Å²) in [5.74, 6) is 0.403. The average molecular weight is 216 g/mol. The Morgan fingerprint density at radius 2 is 2.21 bits per heavy atom. The van der Waals surface area contributed by atoms with Crippen molar-refractivity contribution in [3.8, 4) is 0 Å². The number of hydrogen-bond donors (Lipinski definition) is 0. The van der Waals surface area contributed by atoms with Gasteiger partial charge in [-0.15, -0.1) is 11.6 Å². The van der Waals surface area contributed by atoms with Crippen molar-refractivity contribution in [2.75, 3.05) is 12.9 Å². The minimum absolute atomic E-state index is 0.186. The number of rotatable bonds is 4. The van der Waals surface area contributed by atoms with Crippen molar-refractivity contribution >= 4 is 11.6 Å². The van der Waals surface area contributed by atoms with E-state index in [9.17, 15) is 4.39 Å². The van der Waals surface area contributed by atoms with Crippen LogP contribution in [0.2, 0.25) is 0 Å². The van der Waals surface area contributed by atoms with Gasteiger partial charge in [0.15, 0.2) is 0 Å². The van der Waals surface area contributed by atoms with Crippen LogP contribution in [-0.4, -0.2) is 23.9 Å². The molecule has 78 valence electrons. The van der Waals surface area contributed by atoms with Crippen molar-refractivity contribution in [3.05, 3.63) is 35.6 Å². The van der Waals surface area contributed by atoms with Crippen molar-refractivity contribution in [1.82, 2.24) is 4.90 Å². The third kappa shape index (κ3) is 3.28. The molecule has 0 saturated carbocycles. The summed E-state index contributed by atoms with van der Waals surface area (Å²) in [7, 11) is 1.98. The molecule has 0 aromatic heterocycles. The quantitative estimate of drug-likeness (QED) is 0.699. The van der Waals surface area contributed by atoms with Gasteiger partial charge in [0.1, 0.15) is 5.82 Å². The number of alkyl halides is 1. The Hall–Kier alpha value is -0.600. The molecule has 0 heterocycles. The lowest BCUT2D eigenvalue weighted by Crippen LogP contribution is -2.29.